The first-order valence-corrected chi connectivity index (χ1v) is 7.61. The van der Waals surface area contributed by atoms with Gasteiger partial charge in [0.1, 0.15) is 0 Å². The van der Waals surface area contributed by atoms with Crippen LogP contribution in [0.1, 0.15) is 15.9 Å². The monoisotopic (exact) mass is 424 g/mol. The molecule has 0 spiro atoms. The van der Waals surface area contributed by atoms with Gasteiger partial charge in [-0.25, -0.2) is 0 Å². The predicted molar refractivity (Wildman–Crippen MR) is 88.7 cm³/mol. The Balaban J connectivity index is 2.30. The van der Waals surface area contributed by atoms with Crippen LogP contribution in [0.15, 0.2) is 36.4 Å². The number of benzene rings is 2. The summed E-state index contributed by atoms with van der Waals surface area (Å²) < 4.78 is 0.866. The lowest BCUT2D eigenvalue weighted by Crippen LogP contribution is -2.06. The van der Waals surface area contributed by atoms with Crippen LogP contribution in [-0.4, -0.2) is 5.78 Å². The highest BCUT2D eigenvalue weighted by Crippen LogP contribution is 2.24. The number of rotatable bonds is 3. The van der Waals surface area contributed by atoms with E-state index in [1.165, 1.54) is 0 Å². The molecule has 0 atom stereocenters. The minimum absolute atomic E-state index is 0.0314. The molecule has 0 heterocycles. The van der Waals surface area contributed by atoms with E-state index in [4.69, 9.17) is 34.8 Å². The van der Waals surface area contributed by atoms with Crippen LogP contribution in [0.25, 0.3) is 0 Å². The van der Waals surface area contributed by atoms with Gasteiger partial charge in [0.25, 0.3) is 0 Å². The molecule has 2 aromatic rings. The number of Topliss-reactive ketones (excluding diaryl/α,β-unsaturated/α-hetero) is 1. The number of hydrogen-bond acceptors (Lipinski definition) is 1. The average molecular weight is 425 g/mol. The Kier molecular flexibility index (Phi) is 5.12. The van der Waals surface area contributed by atoms with Gasteiger partial charge in [0.15, 0.2) is 5.78 Å². The molecule has 0 aliphatic rings. The molecular formula is C14H8Cl3IO. The van der Waals surface area contributed by atoms with Crippen molar-refractivity contribution in [1.82, 2.24) is 0 Å². The fraction of sp³-hybridized carbons (Fsp3) is 0.0714. The maximum absolute atomic E-state index is 12.3. The van der Waals surface area contributed by atoms with Crippen LogP contribution in [0.3, 0.4) is 0 Å². The molecule has 0 fully saturated rings. The lowest BCUT2D eigenvalue weighted by molar-refractivity contribution is 0.0992. The Bertz CT molecular complexity index is 641. The van der Waals surface area contributed by atoms with Gasteiger partial charge < -0.3 is 0 Å². The van der Waals surface area contributed by atoms with E-state index in [9.17, 15) is 4.79 Å². The fourth-order valence-electron chi connectivity index (χ4n) is 1.66. The van der Waals surface area contributed by atoms with Crippen LogP contribution < -0.4 is 0 Å². The zero-order chi connectivity index (χ0) is 14.0. The summed E-state index contributed by atoms with van der Waals surface area (Å²) in [6.07, 6.45) is 0.204. The molecule has 0 N–H and O–H groups in total. The van der Waals surface area contributed by atoms with Crippen molar-refractivity contribution in [2.45, 2.75) is 6.42 Å². The molecule has 98 valence electrons. The van der Waals surface area contributed by atoms with E-state index >= 15 is 0 Å². The van der Waals surface area contributed by atoms with Crippen molar-refractivity contribution in [2.75, 3.05) is 0 Å². The number of carbonyl (C=O) groups excluding carboxylic acids is 1. The van der Waals surface area contributed by atoms with Crippen molar-refractivity contribution < 1.29 is 4.79 Å². The van der Waals surface area contributed by atoms with Crippen molar-refractivity contribution in [3.05, 3.63) is 66.2 Å². The molecule has 0 aliphatic heterocycles. The maximum atomic E-state index is 12.3. The van der Waals surface area contributed by atoms with Crippen LogP contribution in [0.5, 0.6) is 0 Å². The molecule has 0 saturated heterocycles. The van der Waals surface area contributed by atoms with Gasteiger partial charge >= 0.3 is 0 Å². The summed E-state index contributed by atoms with van der Waals surface area (Å²) in [5.74, 6) is -0.0314. The van der Waals surface area contributed by atoms with Crippen molar-refractivity contribution >= 4 is 63.2 Å². The van der Waals surface area contributed by atoms with E-state index in [1.54, 1.807) is 30.3 Å². The summed E-state index contributed by atoms with van der Waals surface area (Å²) in [5, 5.41) is 1.64. The summed E-state index contributed by atoms with van der Waals surface area (Å²) in [4.78, 5) is 12.3. The van der Waals surface area contributed by atoms with Crippen molar-refractivity contribution in [1.29, 1.82) is 0 Å². The number of carbonyl (C=O) groups is 1. The SMILES string of the molecule is O=C(Cc1cc(Cl)ccc1Cl)c1cc(Cl)ccc1I. The summed E-state index contributed by atoms with van der Waals surface area (Å²) in [5.41, 5.74) is 1.32. The second-order valence-electron chi connectivity index (χ2n) is 3.96. The number of ketones is 1. The lowest BCUT2D eigenvalue weighted by Gasteiger charge is -2.07. The topological polar surface area (TPSA) is 17.1 Å². The third-order valence-electron chi connectivity index (χ3n) is 2.59. The van der Waals surface area contributed by atoms with Gasteiger partial charge in [-0.3, -0.25) is 4.79 Å². The van der Waals surface area contributed by atoms with E-state index in [1.807, 2.05) is 6.07 Å². The Morgan fingerprint density at radius 1 is 1.00 bits per heavy atom. The molecule has 2 aromatic carbocycles. The van der Waals surface area contributed by atoms with Crippen LogP contribution in [-0.2, 0) is 6.42 Å². The molecule has 2 rings (SSSR count). The first-order valence-electron chi connectivity index (χ1n) is 5.39. The largest absolute Gasteiger partial charge is 0.294 e. The smallest absolute Gasteiger partial charge is 0.168 e. The summed E-state index contributed by atoms with van der Waals surface area (Å²) in [7, 11) is 0. The number of hydrogen-bond donors (Lipinski definition) is 0. The summed E-state index contributed by atoms with van der Waals surface area (Å²) in [6, 6.07) is 10.3. The first kappa shape index (κ1) is 15.1. The van der Waals surface area contributed by atoms with Crippen molar-refractivity contribution in [3.63, 3.8) is 0 Å². The van der Waals surface area contributed by atoms with E-state index in [-0.39, 0.29) is 12.2 Å². The van der Waals surface area contributed by atoms with E-state index < -0.39 is 0 Å². The molecule has 0 aromatic heterocycles. The van der Waals surface area contributed by atoms with Crippen LogP contribution in [0, 0.1) is 3.57 Å². The zero-order valence-corrected chi connectivity index (χ0v) is 14.0. The van der Waals surface area contributed by atoms with E-state index in [0.29, 0.717) is 20.6 Å². The summed E-state index contributed by atoms with van der Waals surface area (Å²) >= 11 is 20.0. The molecule has 1 nitrogen and oxygen atoms in total. The van der Waals surface area contributed by atoms with Gasteiger partial charge in [-0.05, 0) is 64.6 Å². The molecule has 0 radical (unpaired) electrons. The minimum atomic E-state index is -0.0314. The number of halogens is 4. The Morgan fingerprint density at radius 3 is 2.37 bits per heavy atom. The third kappa shape index (κ3) is 3.85. The van der Waals surface area contributed by atoms with Crippen LogP contribution >= 0.6 is 57.4 Å². The second kappa shape index (κ2) is 6.44. The standard InChI is InChI=1S/C14H8Cl3IO/c15-9-1-3-12(17)8(5-9)6-14(19)11-7-10(16)2-4-13(11)18/h1-5,7H,6H2. The highest BCUT2D eigenvalue weighted by Gasteiger charge is 2.13. The van der Waals surface area contributed by atoms with Gasteiger partial charge in [0.05, 0.1) is 0 Å². The third-order valence-corrected chi connectivity index (χ3v) is 4.37. The van der Waals surface area contributed by atoms with Gasteiger partial charge in [-0.15, -0.1) is 0 Å². The van der Waals surface area contributed by atoms with Crippen LogP contribution in [0.4, 0.5) is 0 Å². The van der Waals surface area contributed by atoms with Gasteiger partial charge in [0.2, 0.25) is 0 Å². The Hall–Kier alpha value is -0.290. The van der Waals surface area contributed by atoms with Gasteiger partial charge in [-0.2, -0.15) is 0 Å². The predicted octanol–water partition coefficient (Wildman–Crippen LogP) is 5.68. The second-order valence-corrected chi connectivity index (χ2v) is 6.40. The molecule has 0 saturated carbocycles. The zero-order valence-electron chi connectivity index (χ0n) is 9.59. The summed E-state index contributed by atoms with van der Waals surface area (Å²) in [6.45, 7) is 0. The molecular weight excluding hydrogens is 417 g/mol. The van der Waals surface area contributed by atoms with E-state index in [2.05, 4.69) is 22.6 Å². The normalized spacial score (nSPS) is 10.5. The molecule has 19 heavy (non-hydrogen) atoms. The molecule has 0 unspecified atom stereocenters. The van der Waals surface area contributed by atoms with E-state index in [0.717, 1.165) is 9.13 Å². The first-order chi connectivity index (χ1) is 8.97. The van der Waals surface area contributed by atoms with Crippen molar-refractivity contribution in [2.24, 2.45) is 0 Å². The fourth-order valence-corrected chi connectivity index (χ4v) is 2.85. The lowest BCUT2D eigenvalue weighted by atomic mass is 10.0. The van der Waals surface area contributed by atoms with Crippen LogP contribution in [0.2, 0.25) is 15.1 Å². The average Bonchev–Trinajstić information content (AvgIpc) is 2.36. The quantitative estimate of drug-likeness (QED) is 0.457. The van der Waals surface area contributed by atoms with Gasteiger partial charge in [-0.1, -0.05) is 34.8 Å². The Labute approximate surface area is 140 Å². The Morgan fingerprint density at radius 2 is 1.63 bits per heavy atom. The molecule has 0 aliphatic carbocycles. The highest BCUT2D eigenvalue weighted by molar-refractivity contribution is 14.1. The molecule has 0 bridgehead atoms. The maximum Gasteiger partial charge on any atom is 0.168 e. The molecule has 5 heteroatoms. The highest BCUT2D eigenvalue weighted by atomic mass is 127. The van der Waals surface area contributed by atoms with Crippen molar-refractivity contribution in [3.8, 4) is 0 Å². The van der Waals surface area contributed by atoms with Gasteiger partial charge in [0, 0.05) is 30.6 Å². The molecule has 0 amide bonds. The minimum Gasteiger partial charge on any atom is -0.294 e.